The van der Waals surface area contributed by atoms with E-state index in [0.717, 1.165) is 11.1 Å². The van der Waals surface area contributed by atoms with Gasteiger partial charge in [0.25, 0.3) is 0 Å². The highest BCUT2D eigenvalue weighted by molar-refractivity contribution is 5.75. The molecule has 1 aromatic carbocycles. The van der Waals surface area contributed by atoms with Crippen molar-refractivity contribution in [3.63, 3.8) is 0 Å². The number of carbonyl (C=O) groups excluding carboxylic acids is 1. The van der Waals surface area contributed by atoms with Crippen LogP contribution in [0.5, 0.6) is 0 Å². The molecule has 0 aliphatic carbocycles. The summed E-state index contributed by atoms with van der Waals surface area (Å²) < 4.78 is 1.63. The van der Waals surface area contributed by atoms with Gasteiger partial charge in [0, 0.05) is 18.5 Å². The van der Waals surface area contributed by atoms with Crippen molar-refractivity contribution in [2.24, 2.45) is 5.73 Å². The van der Waals surface area contributed by atoms with E-state index in [9.17, 15) is 4.79 Å². The number of aromatic nitrogens is 3. The molecule has 0 radical (unpaired) electrons. The molecule has 6 heteroatoms. The minimum absolute atomic E-state index is 0.0241. The Labute approximate surface area is 123 Å². The molecule has 1 heterocycles. The topological polar surface area (TPSA) is 85.8 Å². The van der Waals surface area contributed by atoms with Crippen LogP contribution in [0, 0.1) is 11.8 Å². The summed E-state index contributed by atoms with van der Waals surface area (Å²) in [5.74, 6) is 5.75. The van der Waals surface area contributed by atoms with Gasteiger partial charge in [0.2, 0.25) is 5.91 Å². The number of aryl methyl sites for hydroxylation is 1. The lowest BCUT2D eigenvalue weighted by molar-refractivity contribution is -0.121. The Morgan fingerprint density at radius 3 is 3.10 bits per heavy atom. The molecule has 0 aliphatic rings. The molecule has 108 valence electrons. The first-order valence-corrected chi connectivity index (χ1v) is 6.65. The van der Waals surface area contributed by atoms with Crippen LogP contribution in [0.1, 0.15) is 17.5 Å². The minimum atomic E-state index is -0.0241. The van der Waals surface area contributed by atoms with Crippen molar-refractivity contribution in [2.75, 3.05) is 6.54 Å². The van der Waals surface area contributed by atoms with Gasteiger partial charge >= 0.3 is 0 Å². The van der Waals surface area contributed by atoms with E-state index in [-0.39, 0.29) is 5.91 Å². The fourth-order valence-electron chi connectivity index (χ4n) is 1.77. The number of benzene rings is 1. The van der Waals surface area contributed by atoms with Gasteiger partial charge in [0.15, 0.2) is 0 Å². The smallest absolute Gasteiger partial charge is 0.222 e. The van der Waals surface area contributed by atoms with Crippen LogP contribution >= 0.6 is 0 Å². The minimum Gasteiger partial charge on any atom is -0.352 e. The highest BCUT2D eigenvalue weighted by Gasteiger charge is 2.02. The van der Waals surface area contributed by atoms with Gasteiger partial charge in [0.05, 0.1) is 13.1 Å². The van der Waals surface area contributed by atoms with E-state index in [0.29, 0.717) is 26.1 Å². The van der Waals surface area contributed by atoms with Gasteiger partial charge in [-0.3, -0.25) is 9.48 Å². The molecule has 0 atom stereocenters. The summed E-state index contributed by atoms with van der Waals surface area (Å²) in [5, 5.41) is 6.82. The maximum atomic E-state index is 11.8. The lowest BCUT2D eigenvalue weighted by atomic mass is 10.1. The first-order valence-electron chi connectivity index (χ1n) is 6.65. The monoisotopic (exact) mass is 283 g/mol. The summed E-state index contributed by atoms with van der Waals surface area (Å²) in [5.41, 5.74) is 7.25. The quantitative estimate of drug-likeness (QED) is 0.773. The van der Waals surface area contributed by atoms with E-state index in [2.05, 4.69) is 27.2 Å². The number of nitrogens with two attached hydrogens (primary N) is 1. The van der Waals surface area contributed by atoms with Crippen LogP contribution < -0.4 is 11.1 Å². The van der Waals surface area contributed by atoms with Gasteiger partial charge in [-0.25, -0.2) is 4.98 Å². The van der Waals surface area contributed by atoms with Crippen molar-refractivity contribution in [2.45, 2.75) is 19.5 Å². The van der Waals surface area contributed by atoms with Crippen LogP contribution in [0.15, 0.2) is 36.9 Å². The third-order valence-electron chi connectivity index (χ3n) is 2.79. The Morgan fingerprint density at radius 1 is 1.43 bits per heavy atom. The third-order valence-corrected chi connectivity index (χ3v) is 2.79. The van der Waals surface area contributed by atoms with Crippen LogP contribution in [-0.4, -0.2) is 27.2 Å². The van der Waals surface area contributed by atoms with Crippen LogP contribution in [0.25, 0.3) is 0 Å². The van der Waals surface area contributed by atoms with E-state index in [1.165, 1.54) is 6.33 Å². The molecular formula is C15H17N5O. The highest BCUT2D eigenvalue weighted by Crippen LogP contribution is 2.04. The van der Waals surface area contributed by atoms with Gasteiger partial charge in [-0.15, -0.1) is 0 Å². The molecular weight excluding hydrogens is 266 g/mol. The molecule has 2 aromatic rings. The number of nitrogens with one attached hydrogen (secondary N) is 1. The molecule has 2 rings (SSSR count). The average molecular weight is 283 g/mol. The summed E-state index contributed by atoms with van der Waals surface area (Å²) in [6, 6.07) is 7.72. The van der Waals surface area contributed by atoms with E-state index < -0.39 is 0 Å². The molecule has 0 fully saturated rings. The second-order valence-electron chi connectivity index (χ2n) is 4.39. The Morgan fingerprint density at radius 2 is 2.33 bits per heavy atom. The van der Waals surface area contributed by atoms with E-state index >= 15 is 0 Å². The normalized spacial score (nSPS) is 9.76. The average Bonchev–Trinajstić information content (AvgIpc) is 3.03. The standard InChI is InChI=1S/C15H17N5O/c16-7-2-5-13-3-1-4-14(9-13)10-18-15(21)6-8-20-12-17-11-19-20/h1,3-4,9,11-12H,6-8,10,16H2,(H,18,21). The number of rotatable bonds is 5. The third kappa shape index (κ3) is 5.09. The summed E-state index contributed by atoms with van der Waals surface area (Å²) in [6.45, 7) is 1.34. The van der Waals surface area contributed by atoms with Gasteiger partial charge in [-0.2, -0.15) is 5.10 Å². The summed E-state index contributed by atoms with van der Waals surface area (Å²) in [6.07, 6.45) is 3.41. The number of hydrogen-bond acceptors (Lipinski definition) is 4. The van der Waals surface area contributed by atoms with Crippen LogP contribution in [-0.2, 0) is 17.9 Å². The fraction of sp³-hybridized carbons (Fsp3) is 0.267. The van der Waals surface area contributed by atoms with Crippen molar-refractivity contribution >= 4 is 5.91 Å². The molecule has 0 bridgehead atoms. The van der Waals surface area contributed by atoms with Crippen molar-refractivity contribution in [3.05, 3.63) is 48.0 Å². The molecule has 3 N–H and O–H groups in total. The molecule has 0 saturated heterocycles. The maximum Gasteiger partial charge on any atom is 0.222 e. The second-order valence-corrected chi connectivity index (χ2v) is 4.39. The summed E-state index contributed by atoms with van der Waals surface area (Å²) in [7, 11) is 0. The summed E-state index contributed by atoms with van der Waals surface area (Å²) >= 11 is 0. The maximum absolute atomic E-state index is 11.8. The number of hydrogen-bond donors (Lipinski definition) is 2. The highest BCUT2D eigenvalue weighted by atomic mass is 16.1. The van der Waals surface area contributed by atoms with Crippen LogP contribution in [0.2, 0.25) is 0 Å². The van der Waals surface area contributed by atoms with Crippen LogP contribution in [0.4, 0.5) is 0 Å². The largest absolute Gasteiger partial charge is 0.352 e. The zero-order valence-electron chi connectivity index (χ0n) is 11.6. The molecule has 0 aliphatic heterocycles. The first-order chi connectivity index (χ1) is 10.3. The first kappa shape index (κ1) is 14.8. The van der Waals surface area contributed by atoms with E-state index in [4.69, 9.17) is 5.73 Å². The van der Waals surface area contributed by atoms with Gasteiger partial charge in [-0.1, -0.05) is 24.0 Å². The van der Waals surface area contributed by atoms with Gasteiger partial charge in [-0.05, 0) is 17.7 Å². The Kier molecular flexibility index (Phi) is 5.50. The zero-order valence-corrected chi connectivity index (χ0v) is 11.6. The van der Waals surface area contributed by atoms with E-state index in [1.54, 1.807) is 11.0 Å². The SMILES string of the molecule is NCC#Cc1cccc(CNC(=O)CCn2cncn2)c1. The van der Waals surface area contributed by atoms with Crippen molar-refractivity contribution in [3.8, 4) is 11.8 Å². The summed E-state index contributed by atoms with van der Waals surface area (Å²) in [4.78, 5) is 15.6. The molecule has 0 saturated carbocycles. The Balaban J connectivity index is 1.80. The number of amides is 1. The Hall–Kier alpha value is -2.65. The number of carbonyl (C=O) groups is 1. The lowest BCUT2D eigenvalue weighted by Gasteiger charge is -2.06. The van der Waals surface area contributed by atoms with Gasteiger partial charge in [0.1, 0.15) is 12.7 Å². The van der Waals surface area contributed by atoms with E-state index in [1.807, 2.05) is 24.3 Å². The Bertz CT molecular complexity index is 640. The fourth-order valence-corrected chi connectivity index (χ4v) is 1.77. The number of nitrogens with zero attached hydrogens (tertiary/aromatic N) is 3. The lowest BCUT2D eigenvalue weighted by Crippen LogP contribution is -2.24. The molecule has 1 aromatic heterocycles. The zero-order chi connectivity index (χ0) is 14.9. The molecule has 0 unspecified atom stereocenters. The van der Waals surface area contributed by atoms with Gasteiger partial charge < -0.3 is 11.1 Å². The molecule has 0 spiro atoms. The second kappa shape index (κ2) is 7.82. The van der Waals surface area contributed by atoms with Crippen LogP contribution in [0.3, 0.4) is 0 Å². The van der Waals surface area contributed by atoms with Crippen molar-refractivity contribution < 1.29 is 4.79 Å². The predicted octanol–water partition coefficient (Wildman–Crippen LogP) is 0.295. The predicted molar refractivity (Wildman–Crippen MR) is 78.9 cm³/mol. The van der Waals surface area contributed by atoms with Crippen molar-refractivity contribution in [1.82, 2.24) is 20.1 Å². The molecule has 1 amide bonds. The van der Waals surface area contributed by atoms with Crippen molar-refractivity contribution in [1.29, 1.82) is 0 Å². The molecule has 6 nitrogen and oxygen atoms in total. The molecule has 21 heavy (non-hydrogen) atoms.